The number of carbonyl (C=O) groups is 1. The second kappa shape index (κ2) is 4.62. The van der Waals surface area contributed by atoms with Crippen LogP contribution in [0.2, 0.25) is 0 Å². The molecule has 0 aliphatic rings. The lowest BCUT2D eigenvalue weighted by atomic mass is 9.87. The van der Waals surface area contributed by atoms with Gasteiger partial charge in [0.2, 0.25) is 0 Å². The molecule has 3 heteroatoms. The monoisotopic (exact) mass is 224 g/mol. The molecule has 1 aromatic rings. The molecule has 1 rings (SSSR count). The van der Waals surface area contributed by atoms with E-state index >= 15 is 0 Å². The Labute approximate surface area is 94.3 Å². The van der Waals surface area contributed by atoms with Gasteiger partial charge in [-0.2, -0.15) is 0 Å². The highest BCUT2D eigenvalue weighted by molar-refractivity contribution is 7.11. The molecule has 0 aromatic carbocycles. The third-order valence-electron chi connectivity index (χ3n) is 1.86. The van der Waals surface area contributed by atoms with E-state index in [0.717, 1.165) is 16.9 Å². The molecule has 0 radical (unpaired) electrons. The minimum absolute atomic E-state index is 0.102. The molecule has 0 aliphatic heterocycles. The van der Waals surface area contributed by atoms with Crippen LogP contribution in [0, 0.1) is 5.41 Å². The lowest BCUT2D eigenvalue weighted by Crippen LogP contribution is -2.06. The van der Waals surface area contributed by atoms with E-state index in [1.54, 1.807) is 11.3 Å². The fourth-order valence-corrected chi connectivity index (χ4v) is 2.13. The molecule has 0 spiro atoms. The smallest absolute Gasteiger partial charge is 0.328 e. The third-order valence-corrected chi connectivity index (χ3v) is 2.80. The van der Waals surface area contributed by atoms with Gasteiger partial charge in [-0.3, -0.25) is 0 Å². The highest BCUT2D eigenvalue weighted by atomic mass is 32.1. The van der Waals surface area contributed by atoms with Gasteiger partial charge in [-0.25, -0.2) is 4.79 Å². The lowest BCUT2D eigenvalue weighted by Gasteiger charge is -2.19. The Bertz CT molecular complexity index is 355. The van der Waals surface area contributed by atoms with Crippen molar-refractivity contribution in [2.45, 2.75) is 27.2 Å². The molecule has 1 heterocycles. The van der Waals surface area contributed by atoms with Crippen molar-refractivity contribution in [1.82, 2.24) is 0 Å². The first-order chi connectivity index (χ1) is 6.88. The predicted molar refractivity (Wildman–Crippen MR) is 64.0 cm³/mol. The van der Waals surface area contributed by atoms with E-state index in [4.69, 9.17) is 5.11 Å². The van der Waals surface area contributed by atoms with Crippen LogP contribution in [0.15, 0.2) is 23.6 Å². The van der Waals surface area contributed by atoms with Crippen molar-refractivity contribution >= 4 is 22.9 Å². The molecule has 82 valence electrons. The summed E-state index contributed by atoms with van der Waals surface area (Å²) in [4.78, 5) is 11.8. The van der Waals surface area contributed by atoms with E-state index in [-0.39, 0.29) is 5.41 Å². The van der Waals surface area contributed by atoms with E-state index in [9.17, 15) is 4.79 Å². The largest absolute Gasteiger partial charge is 0.478 e. The van der Waals surface area contributed by atoms with Crippen molar-refractivity contribution in [2.75, 3.05) is 0 Å². The van der Waals surface area contributed by atoms with Crippen molar-refractivity contribution < 1.29 is 9.90 Å². The Balaban J connectivity index is 2.95. The number of carboxylic acid groups (broad SMARTS) is 1. The van der Waals surface area contributed by atoms with Gasteiger partial charge in [0, 0.05) is 11.0 Å². The highest BCUT2D eigenvalue weighted by Gasteiger charge is 2.16. The average Bonchev–Trinajstić information content (AvgIpc) is 2.50. The highest BCUT2D eigenvalue weighted by Crippen LogP contribution is 2.32. The summed E-state index contributed by atoms with van der Waals surface area (Å²) in [5, 5.41) is 10.8. The van der Waals surface area contributed by atoms with Crippen LogP contribution in [0.25, 0.3) is 5.57 Å². The van der Waals surface area contributed by atoms with Crippen LogP contribution in [-0.2, 0) is 4.79 Å². The number of allylic oxidation sites excluding steroid dienone is 1. The van der Waals surface area contributed by atoms with E-state index in [1.807, 2.05) is 17.5 Å². The molecular formula is C12H16O2S. The molecule has 0 fully saturated rings. The van der Waals surface area contributed by atoms with Crippen LogP contribution in [0.1, 0.15) is 32.1 Å². The average molecular weight is 224 g/mol. The number of hydrogen-bond donors (Lipinski definition) is 1. The molecule has 1 N–H and O–H groups in total. The Hall–Kier alpha value is -1.09. The van der Waals surface area contributed by atoms with Gasteiger partial charge in [0.25, 0.3) is 0 Å². The molecule has 0 amide bonds. The van der Waals surface area contributed by atoms with Gasteiger partial charge >= 0.3 is 5.97 Å². The number of hydrogen-bond acceptors (Lipinski definition) is 2. The molecule has 15 heavy (non-hydrogen) atoms. The van der Waals surface area contributed by atoms with Gasteiger partial charge in [0.1, 0.15) is 0 Å². The summed E-state index contributed by atoms with van der Waals surface area (Å²) in [5.74, 6) is -0.873. The number of carboxylic acids is 1. The minimum Gasteiger partial charge on any atom is -0.478 e. The Morgan fingerprint density at radius 2 is 2.20 bits per heavy atom. The van der Waals surface area contributed by atoms with Crippen molar-refractivity contribution in [3.8, 4) is 0 Å². The predicted octanol–water partition coefficient (Wildman–Crippen LogP) is 3.65. The molecule has 0 unspecified atom stereocenters. The second-order valence-electron chi connectivity index (χ2n) is 4.72. The van der Waals surface area contributed by atoms with E-state index < -0.39 is 5.97 Å². The zero-order chi connectivity index (χ0) is 11.5. The van der Waals surface area contributed by atoms with Crippen LogP contribution in [0.4, 0.5) is 0 Å². The van der Waals surface area contributed by atoms with Crippen LogP contribution in [0.5, 0.6) is 0 Å². The maximum atomic E-state index is 10.7. The van der Waals surface area contributed by atoms with Crippen molar-refractivity contribution in [3.05, 3.63) is 28.5 Å². The van der Waals surface area contributed by atoms with Crippen LogP contribution < -0.4 is 0 Å². The third kappa shape index (κ3) is 4.30. The summed E-state index contributed by atoms with van der Waals surface area (Å²) in [5.41, 5.74) is 1.01. The maximum Gasteiger partial charge on any atom is 0.328 e. The van der Waals surface area contributed by atoms with Gasteiger partial charge in [0.05, 0.1) is 0 Å². The van der Waals surface area contributed by atoms with E-state index in [2.05, 4.69) is 20.8 Å². The summed E-state index contributed by atoms with van der Waals surface area (Å²) in [6.07, 6.45) is 2.09. The van der Waals surface area contributed by atoms with Gasteiger partial charge in [-0.1, -0.05) is 26.8 Å². The van der Waals surface area contributed by atoms with Crippen LogP contribution in [0.3, 0.4) is 0 Å². The zero-order valence-corrected chi connectivity index (χ0v) is 10.1. The topological polar surface area (TPSA) is 37.3 Å². The quantitative estimate of drug-likeness (QED) is 0.796. The molecular weight excluding hydrogens is 208 g/mol. The Kier molecular flexibility index (Phi) is 3.69. The molecule has 0 saturated carbocycles. The van der Waals surface area contributed by atoms with Crippen LogP contribution >= 0.6 is 11.3 Å². The summed E-state index contributed by atoms with van der Waals surface area (Å²) >= 11 is 1.58. The van der Waals surface area contributed by atoms with Gasteiger partial charge in [-0.15, -0.1) is 11.3 Å². The fraction of sp³-hybridized carbons (Fsp3) is 0.417. The Morgan fingerprint density at radius 3 is 2.60 bits per heavy atom. The van der Waals surface area contributed by atoms with Gasteiger partial charge in [-0.05, 0) is 28.9 Å². The van der Waals surface area contributed by atoms with Crippen molar-refractivity contribution in [2.24, 2.45) is 5.41 Å². The normalized spacial score (nSPS) is 12.9. The fourth-order valence-electron chi connectivity index (χ4n) is 1.39. The summed E-state index contributed by atoms with van der Waals surface area (Å²) in [7, 11) is 0. The molecule has 2 nitrogen and oxygen atoms in total. The summed E-state index contributed by atoms with van der Waals surface area (Å²) in [6.45, 7) is 6.32. The SMILES string of the molecule is CC(C)(C)C/C(=C/C(=O)O)c1cccs1. The van der Waals surface area contributed by atoms with Gasteiger partial charge < -0.3 is 5.11 Å². The van der Waals surface area contributed by atoms with Crippen molar-refractivity contribution in [1.29, 1.82) is 0 Å². The first-order valence-electron chi connectivity index (χ1n) is 4.86. The zero-order valence-electron chi connectivity index (χ0n) is 9.28. The minimum atomic E-state index is -0.873. The number of rotatable bonds is 3. The van der Waals surface area contributed by atoms with Crippen molar-refractivity contribution in [3.63, 3.8) is 0 Å². The first kappa shape index (κ1) is 12.0. The molecule has 0 bridgehead atoms. The summed E-state index contributed by atoms with van der Waals surface area (Å²) < 4.78 is 0. The summed E-state index contributed by atoms with van der Waals surface area (Å²) in [6, 6.07) is 3.91. The number of aliphatic carboxylic acids is 1. The molecule has 0 atom stereocenters. The standard InChI is InChI=1S/C12H16O2S/c1-12(2,3)8-9(7-11(13)14)10-5-4-6-15-10/h4-7H,8H2,1-3H3,(H,13,14)/b9-7-. The van der Waals surface area contributed by atoms with E-state index in [0.29, 0.717) is 0 Å². The van der Waals surface area contributed by atoms with Gasteiger partial charge in [0.15, 0.2) is 0 Å². The maximum absolute atomic E-state index is 10.7. The number of thiophene rings is 1. The lowest BCUT2D eigenvalue weighted by molar-refractivity contribution is -0.131. The molecule has 0 aliphatic carbocycles. The van der Waals surface area contributed by atoms with Crippen LogP contribution in [-0.4, -0.2) is 11.1 Å². The molecule has 1 aromatic heterocycles. The first-order valence-corrected chi connectivity index (χ1v) is 5.74. The van der Waals surface area contributed by atoms with E-state index in [1.165, 1.54) is 6.08 Å². The molecule has 0 saturated heterocycles. The second-order valence-corrected chi connectivity index (χ2v) is 5.67. The Morgan fingerprint density at radius 1 is 1.53 bits per heavy atom.